The van der Waals surface area contributed by atoms with Gasteiger partial charge in [0.05, 0.1) is 0 Å². The van der Waals surface area contributed by atoms with Crippen LogP contribution in [0.2, 0.25) is 0 Å². The Bertz CT molecular complexity index is 612. The van der Waals surface area contributed by atoms with Crippen molar-refractivity contribution in [1.29, 1.82) is 0 Å². The predicted molar refractivity (Wildman–Crippen MR) is 84.5 cm³/mol. The molecule has 1 aliphatic carbocycles. The van der Waals surface area contributed by atoms with Gasteiger partial charge in [-0.3, -0.25) is 0 Å². The number of benzene rings is 1. The minimum Gasteiger partial charge on any atom is -0.195 e. The van der Waals surface area contributed by atoms with Crippen molar-refractivity contribution in [2.75, 3.05) is 20.6 Å². The first-order valence-corrected chi connectivity index (χ1v) is 9.18. The predicted octanol–water partition coefficient (Wildman–Crippen LogP) is 2.38. The number of fused-ring (bicyclic) bond motifs is 1. The van der Waals surface area contributed by atoms with Crippen LogP contribution in [0.25, 0.3) is 0 Å². The Morgan fingerprint density at radius 3 is 2.67 bits per heavy atom. The van der Waals surface area contributed by atoms with Crippen LogP contribution in [0.3, 0.4) is 0 Å². The summed E-state index contributed by atoms with van der Waals surface area (Å²) in [6.45, 7) is 0.657. The number of aryl methyl sites for hydroxylation is 1. The standard InChI is InChI=1S/C16H24N2O2S/c1-17(2)21(19,20)18-12-6-11-16(18)15-10-5-8-13-7-3-4-9-14(13)15/h3-4,7,9,15-16H,5-6,8,10-12H2,1-2H3. The van der Waals surface area contributed by atoms with E-state index in [-0.39, 0.29) is 6.04 Å². The molecule has 0 saturated carbocycles. The highest BCUT2D eigenvalue weighted by Gasteiger charge is 2.41. The molecule has 3 rings (SSSR count). The van der Waals surface area contributed by atoms with Gasteiger partial charge in [-0.05, 0) is 43.2 Å². The van der Waals surface area contributed by atoms with Crippen LogP contribution < -0.4 is 0 Å². The van der Waals surface area contributed by atoms with Gasteiger partial charge in [0.1, 0.15) is 0 Å². The summed E-state index contributed by atoms with van der Waals surface area (Å²) >= 11 is 0. The molecule has 4 nitrogen and oxygen atoms in total. The van der Waals surface area contributed by atoms with Crippen molar-refractivity contribution >= 4 is 10.2 Å². The van der Waals surface area contributed by atoms with Gasteiger partial charge in [0, 0.05) is 32.6 Å². The fourth-order valence-corrected chi connectivity index (χ4v) is 5.23. The van der Waals surface area contributed by atoms with Crippen molar-refractivity contribution < 1.29 is 8.42 Å². The molecule has 5 heteroatoms. The molecule has 0 bridgehead atoms. The summed E-state index contributed by atoms with van der Waals surface area (Å²) in [4.78, 5) is 0. The summed E-state index contributed by atoms with van der Waals surface area (Å²) in [5, 5.41) is 0. The molecule has 0 amide bonds. The Labute approximate surface area is 127 Å². The van der Waals surface area contributed by atoms with Gasteiger partial charge in [0.15, 0.2) is 0 Å². The second-order valence-corrected chi connectivity index (χ2v) is 8.40. The second-order valence-electron chi connectivity index (χ2n) is 6.31. The van der Waals surface area contributed by atoms with Gasteiger partial charge in [-0.2, -0.15) is 17.0 Å². The fourth-order valence-electron chi connectivity index (χ4n) is 3.86. The van der Waals surface area contributed by atoms with E-state index in [1.165, 1.54) is 15.4 Å². The number of hydrogen-bond acceptors (Lipinski definition) is 2. The maximum Gasteiger partial charge on any atom is 0.281 e. The van der Waals surface area contributed by atoms with E-state index in [0.29, 0.717) is 12.5 Å². The van der Waals surface area contributed by atoms with Crippen LogP contribution in [0.15, 0.2) is 24.3 Å². The smallest absolute Gasteiger partial charge is 0.195 e. The van der Waals surface area contributed by atoms with Crippen molar-refractivity contribution in [2.45, 2.75) is 44.1 Å². The molecular formula is C16H24N2O2S. The van der Waals surface area contributed by atoms with Crippen LogP contribution in [0, 0.1) is 0 Å². The lowest BCUT2D eigenvalue weighted by Gasteiger charge is -2.35. The van der Waals surface area contributed by atoms with E-state index in [2.05, 4.69) is 24.3 Å². The molecule has 0 aromatic heterocycles. The first kappa shape index (κ1) is 15.0. The van der Waals surface area contributed by atoms with Crippen molar-refractivity contribution in [3.05, 3.63) is 35.4 Å². The maximum absolute atomic E-state index is 12.5. The van der Waals surface area contributed by atoms with Crippen LogP contribution in [-0.2, 0) is 16.6 Å². The van der Waals surface area contributed by atoms with E-state index in [1.54, 1.807) is 18.4 Å². The second kappa shape index (κ2) is 5.71. The lowest BCUT2D eigenvalue weighted by atomic mass is 9.78. The monoisotopic (exact) mass is 308 g/mol. The highest BCUT2D eigenvalue weighted by Crippen LogP contribution is 2.40. The topological polar surface area (TPSA) is 40.6 Å². The minimum atomic E-state index is -3.31. The molecular weight excluding hydrogens is 284 g/mol. The molecule has 2 atom stereocenters. The van der Waals surface area contributed by atoms with E-state index < -0.39 is 10.2 Å². The van der Waals surface area contributed by atoms with Gasteiger partial charge >= 0.3 is 0 Å². The zero-order valence-corrected chi connectivity index (χ0v) is 13.6. The summed E-state index contributed by atoms with van der Waals surface area (Å²) < 4.78 is 28.2. The first-order valence-electron chi connectivity index (χ1n) is 7.79. The summed E-state index contributed by atoms with van der Waals surface area (Å²) in [6, 6.07) is 8.68. The average molecular weight is 308 g/mol. The molecule has 116 valence electrons. The lowest BCUT2D eigenvalue weighted by Crippen LogP contribution is -2.45. The normalized spacial score (nSPS) is 27.0. The summed E-state index contributed by atoms with van der Waals surface area (Å²) in [5.74, 6) is 0.354. The SMILES string of the molecule is CN(C)S(=O)(=O)N1CCCC1C1CCCc2ccccc21. The third-order valence-corrected chi connectivity index (χ3v) is 6.86. The molecule has 1 aromatic rings. The van der Waals surface area contributed by atoms with E-state index in [1.807, 2.05) is 0 Å². The number of hydrogen-bond donors (Lipinski definition) is 0. The van der Waals surface area contributed by atoms with Crippen LogP contribution in [0.4, 0.5) is 0 Å². The van der Waals surface area contributed by atoms with Gasteiger partial charge < -0.3 is 0 Å². The van der Waals surface area contributed by atoms with Gasteiger partial charge in [0.2, 0.25) is 0 Å². The van der Waals surface area contributed by atoms with Crippen LogP contribution >= 0.6 is 0 Å². The largest absolute Gasteiger partial charge is 0.281 e. The highest BCUT2D eigenvalue weighted by atomic mass is 32.2. The minimum absolute atomic E-state index is 0.124. The molecule has 2 aliphatic rings. The van der Waals surface area contributed by atoms with Crippen molar-refractivity contribution in [3.8, 4) is 0 Å². The summed E-state index contributed by atoms with van der Waals surface area (Å²) in [5.41, 5.74) is 2.78. The van der Waals surface area contributed by atoms with E-state index in [0.717, 1.165) is 32.1 Å². The molecule has 0 N–H and O–H groups in total. The molecule has 0 spiro atoms. The Hall–Kier alpha value is -0.910. The zero-order valence-electron chi connectivity index (χ0n) is 12.8. The van der Waals surface area contributed by atoms with Gasteiger partial charge in [0.25, 0.3) is 10.2 Å². The molecule has 1 aromatic carbocycles. The van der Waals surface area contributed by atoms with Crippen molar-refractivity contribution in [2.24, 2.45) is 0 Å². The molecule has 1 fully saturated rings. The van der Waals surface area contributed by atoms with Crippen LogP contribution in [-0.4, -0.2) is 43.7 Å². The molecule has 21 heavy (non-hydrogen) atoms. The molecule has 1 heterocycles. The highest BCUT2D eigenvalue weighted by molar-refractivity contribution is 7.86. The maximum atomic E-state index is 12.5. The van der Waals surface area contributed by atoms with Crippen molar-refractivity contribution in [1.82, 2.24) is 8.61 Å². The Balaban J connectivity index is 1.94. The molecule has 2 unspecified atom stereocenters. The molecule has 1 saturated heterocycles. The zero-order chi connectivity index (χ0) is 15.0. The third-order valence-electron chi connectivity index (χ3n) is 4.89. The van der Waals surface area contributed by atoms with Gasteiger partial charge in [-0.25, -0.2) is 0 Å². The molecule has 1 aliphatic heterocycles. The average Bonchev–Trinajstić information content (AvgIpc) is 2.96. The van der Waals surface area contributed by atoms with E-state index >= 15 is 0 Å². The third kappa shape index (κ3) is 2.62. The summed E-state index contributed by atoms with van der Waals surface area (Å²) in [7, 11) is -0.0619. The van der Waals surface area contributed by atoms with E-state index in [9.17, 15) is 8.42 Å². The van der Waals surface area contributed by atoms with Crippen molar-refractivity contribution in [3.63, 3.8) is 0 Å². The Morgan fingerprint density at radius 2 is 1.90 bits per heavy atom. The number of rotatable bonds is 3. The molecule has 0 radical (unpaired) electrons. The summed E-state index contributed by atoms with van der Waals surface area (Å²) in [6.07, 6.45) is 5.33. The number of nitrogens with zero attached hydrogens (tertiary/aromatic N) is 2. The van der Waals surface area contributed by atoms with E-state index in [4.69, 9.17) is 0 Å². The van der Waals surface area contributed by atoms with Crippen LogP contribution in [0.5, 0.6) is 0 Å². The fraction of sp³-hybridized carbons (Fsp3) is 0.625. The first-order chi connectivity index (χ1) is 10.0. The Morgan fingerprint density at radius 1 is 1.14 bits per heavy atom. The lowest BCUT2D eigenvalue weighted by molar-refractivity contribution is 0.301. The van der Waals surface area contributed by atoms with Gasteiger partial charge in [-0.15, -0.1) is 0 Å². The van der Waals surface area contributed by atoms with Crippen LogP contribution in [0.1, 0.15) is 42.7 Å². The Kier molecular flexibility index (Phi) is 4.08. The van der Waals surface area contributed by atoms with Gasteiger partial charge in [-0.1, -0.05) is 24.3 Å². The quantitative estimate of drug-likeness (QED) is 0.860.